The fourth-order valence-corrected chi connectivity index (χ4v) is 5.80. The number of carbonyl (C=O) groups excluding carboxylic acids is 2. The van der Waals surface area contributed by atoms with Crippen molar-refractivity contribution in [3.8, 4) is 10.4 Å². The van der Waals surface area contributed by atoms with Crippen LogP contribution in [-0.4, -0.2) is 62.6 Å². The molecular weight excluding hydrogens is 519 g/mol. The molecule has 4 heterocycles. The topological polar surface area (TPSA) is 107 Å². The smallest absolute Gasteiger partial charge is 0.389 e. The van der Waals surface area contributed by atoms with Crippen molar-refractivity contribution in [2.75, 3.05) is 18.4 Å². The van der Waals surface area contributed by atoms with Crippen LogP contribution in [0.25, 0.3) is 10.4 Å². The van der Waals surface area contributed by atoms with Gasteiger partial charge in [-0.25, -0.2) is 9.97 Å². The van der Waals surface area contributed by atoms with Crippen LogP contribution in [0.15, 0.2) is 12.3 Å². The van der Waals surface area contributed by atoms with E-state index in [0.717, 1.165) is 49.3 Å². The summed E-state index contributed by atoms with van der Waals surface area (Å²) in [6, 6.07) is 0.986. The van der Waals surface area contributed by atoms with Crippen LogP contribution in [0, 0.1) is 5.41 Å². The number of fused-ring (bicyclic) bond motifs is 2. The Morgan fingerprint density at radius 3 is 2.21 bits per heavy atom. The Labute approximate surface area is 224 Å². The summed E-state index contributed by atoms with van der Waals surface area (Å²) in [6.45, 7) is 9.18. The first kappa shape index (κ1) is 28.3. The molecule has 2 bridgehead atoms. The lowest BCUT2D eigenvalue weighted by Crippen LogP contribution is -2.38. The molecule has 208 valence electrons. The molecule has 2 aromatic heterocycles. The maximum atomic E-state index is 14.3. The number of aliphatic hydroxyl groups is 1. The number of amides is 2. The lowest BCUT2D eigenvalue weighted by molar-refractivity contribution is -0.137. The van der Waals surface area contributed by atoms with Gasteiger partial charge in [0.2, 0.25) is 0 Å². The second-order valence-electron chi connectivity index (χ2n) is 11.9. The van der Waals surface area contributed by atoms with Crippen molar-refractivity contribution in [2.24, 2.45) is 5.41 Å². The van der Waals surface area contributed by atoms with Gasteiger partial charge in [-0.05, 0) is 51.0 Å². The van der Waals surface area contributed by atoms with Gasteiger partial charge in [0.05, 0.1) is 16.0 Å². The van der Waals surface area contributed by atoms with Crippen molar-refractivity contribution in [1.82, 2.24) is 20.2 Å². The summed E-state index contributed by atoms with van der Waals surface area (Å²) in [7, 11) is 0. The van der Waals surface area contributed by atoms with E-state index in [-0.39, 0.29) is 51.0 Å². The summed E-state index contributed by atoms with van der Waals surface area (Å²) in [4.78, 5) is 36.7. The number of rotatable bonds is 7. The molecule has 0 aromatic carbocycles. The Morgan fingerprint density at radius 2 is 1.68 bits per heavy atom. The van der Waals surface area contributed by atoms with E-state index in [1.165, 1.54) is 13.8 Å². The van der Waals surface area contributed by atoms with Gasteiger partial charge in [-0.3, -0.25) is 9.59 Å². The molecule has 0 unspecified atom stereocenters. The van der Waals surface area contributed by atoms with E-state index >= 15 is 0 Å². The zero-order chi connectivity index (χ0) is 28.0. The quantitative estimate of drug-likeness (QED) is 0.448. The van der Waals surface area contributed by atoms with E-state index in [9.17, 15) is 27.9 Å². The summed E-state index contributed by atoms with van der Waals surface area (Å²) in [5.41, 5.74) is -2.82. The highest BCUT2D eigenvalue weighted by atomic mass is 32.1. The number of carbonyl (C=O) groups is 2. The lowest BCUT2D eigenvalue weighted by atomic mass is 9.97. The van der Waals surface area contributed by atoms with Gasteiger partial charge in [0.25, 0.3) is 11.8 Å². The highest BCUT2D eigenvalue weighted by molar-refractivity contribution is 7.17. The lowest BCUT2D eigenvalue weighted by Gasteiger charge is -2.22. The summed E-state index contributed by atoms with van der Waals surface area (Å²) in [5.74, 6) is -1.08. The molecule has 2 aliphatic rings. The fraction of sp³-hybridized carbons (Fsp3) is 0.615. The van der Waals surface area contributed by atoms with Gasteiger partial charge in [-0.15, -0.1) is 11.3 Å². The van der Waals surface area contributed by atoms with Crippen LogP contribution in [0.5, 0.6) is 0 Å². The van der Waals surface area contributed by atoms with Gasteiger partial charge in [0, 0.05) is 36.9 Å². The monoisotopic (exact) mass is 553 g/mol. The van der Waals surface area contributed by atoms with E-state index in [1.54, 1.807) is 4.90 Å². The number of hydrogen-bond donors (Lipinski definition) is 3. The Bertz CT molecular complexity index is 1200. The minimum absolute atomic E-state index is 0.0266. The number of nitrogens with zero attached hydrogens (tertiary/aromatic N) is 3. The Hall–Kier alpha value is -2.73. The van der Waals surface area contributed by atoms with Gasteiger partial charge in [-0.2, -0.15) is 13.2 Å². The first-order valence-electron chi connectivity index (χ1n) is 12.7. The SMILES string of the molecule is CC(C)(C)CNc1cc(C(F)(F)F)c(-c2sc(C(=O)NCC(C)(C)O)nc2C(=O)N2[C@H]3CC[C@@H]2CC3)cn1. The van der Waals surface area contributed by atoms with E-state index in [1.807, 2.05) is 20.8 Å². The van der Waals surface area contributed by atoms with Crippen LogP contribution < -0.4 is 10.6 Å². The minimum Gasteiger partial charge on any atom is -0.389 e. The molecular formula is C26H34F3N5O3S. The van der Waals surface area contributed by atoms with Crippen LogP contribution in [0.3, 0.4) is 0 Å². The number of thiazole rings is 1. The number of halogens is 3. The molecule has 2 aliphatic heterocycles. The third-order valence-corrected chi connectivity index (χ3v) is 7.73. The number of hydrogen-bond acceptors (Lipinski definition) is 7. The summed E-state index contributed by atoms with van der Waals surface area (Å²) < 4.78 is 42.9. The molecule has 0 radical (unpaired) electrons. The molecule has 2 fully saturated rings. The maximum absolute atomic E-state index is 14.3. The van der Waals surface area contributed by atoms with Gasteiger partial charge in [0.15, 0.2) is 5.01 Å². The molecule has 3 N–H and O–H groups in total. The van der Waals surface area contributed by atoms with Crippen molar-refractivity contribution in [3.63, 3.8) is 0 Å². The van der Waals surface area contributed by atoms with Gasteiger partial charge < -0.3 is 20.6 Å². The van der Waals surface area contributed by atoms with E-state index in [2.05, 4.69) is 20.6 Å². The number of pyridine rings is 1. The highest BCUT2D eigenvalue weighted by Crippen LogP contribution is 2.44. The first-order valence-corrected chi connectivity index (χ1v) is 13.5. The second-order valence-corrected chi connectivity index (χ2v) is 12.9. The molecule has 38 heavy (non-hydrogen) atoms. The van der Waals surface area contributed by atoms with E-state index in [0.29, 0.717) is 6.54 Å². The third kappa shape index (κ3) is 6.28. The van der Waals surface area contributed by atoms with Crippen LogP contribution in [0.4, 0.5) is 19.0 Å². The van der Waals surface area contributed by atoms with Gasteiger partial charge in [-0.1, -0.05) is 20.8 Å². The minimum atomic E-state index is -4.74. The summed E-state index contributed by atoms with van der Waals surface area (Å²) in [6.07, 6.45) is -0.265. The average Bonchev–Trinajstić information content (AvgIpc) is 3.53. The molecule has 2 amide bonds. The maximum Gasteiger partial charge on any atom is 0.417 e. The number of anilines is 1. The normalized spacial score (nSPS) is 19.7. The van der Waals surface area contributed by atoms with E-state index < -0.39 is 29.2 Å². The van der Waals surface area contributed by atoms with Crippen molar-refractivity contribution in [1.29, 1.82) is 0 Å². The predicted molar refractivity (Wildman–Crippen MR) is 139 cm³/mol. The molecule has 0 spiro atoms. The van der Waals surface area contributed by atoms with Crippen LogP contribution in [0.2, 0.25) is 0 Å². The van der Waals surface area contributed by atoms with Crippen molar-refractivity contribution in [3.05, 3.63) is 28.5 Å². The molecule has 4 rings (SSSR count). The van der Waals surface area contributed by atoms with Crippen molar-refractivity contribution >= 4 is 29.0 Å². The predicted octanol–water partition coefficient (Wildman–Crippen LogP) is 4.95. The fourth-order valence-electron chi connectivity index (χ4n) is 4.81. The Morgan fingerprint density at radius 1 is 1.08 bits per heavy atom. The summed E-state index contributed by atoms with van der Waals surface area (Å²) in [5, 5.41) is 15.3. The first-order chi connectivity index (χ1) is 17.5. The molecule has 2 aromatic rings. The van der Waals surface area contributed by atoms with Gasteiger partial charge >= 0.3 is 6.18 Å². The Kier molecular flexibility index (Phi) is 7.52. The number of alkyl halides is 3. The molecule has 8 nitrogen and oxygen atoms in total. The molecule has 0 atom stereocenters. The van der Waals surface area contributed by atoms with Crippen LogP contribution in [-0.2, 0) is 6.18 Å². The van der Waals surface area contributed by atoms with Gasteiger partial charge in [0.1, 0.15) is 11.5 Å². The third-order valence-electron chi connectivity index (χ3n) is 6.65. The molecule has 0 aliphatic carbocycles. The zero-order valence-electron chi connectivity index (χ0n) is 22.2. The molecule has 0 saturated carbocycles. The Balaban J connectivity index is 1.78. The van der Waals surface area contributed by atoms with E-state index in [4.69, 9.17) is 0 Å². The molecule has 2 saturated heterocycles. The number of nitrogens with one attached hydrogen (secondary N) is 2. The standard InChI is InChI=1S/C26H34F3N5O3S/c1-24(2,3)12-31-18-10-17(26(27,28)29)16(11-30-18)20-19(23(36)34-14-6-7-15(34)9-8-14)33-22(38-20)21(35)32-13-25(4,5)37/h10-11,14-15,37H,6-9,12-13H2,1-5H3,(H,30,31)(H,32,35)/t14-,15+. The zero-order valence-corrected chi connectivity index (χ0v) is 23.0. The van der Waals surface area contributed by atoms with Crippen LogP contribution >= 0.6 is 11.3 Å². The van der Waals surface area contributed by atoms with Crippen LogP contribution in [0.1, 0.15) is 86.2 Å². The average molecular weight is 554 g/mol. The highest BCUT2D eigenvalue weighted by Gasteiger charge is 2.45. The second kappa shape index (κ2) is 10.1. The van der Waals surface area contributed by atoms with Crippen molar-refractivity contribution < 1.29 is 27.9 Å². The largest absolute Gasteiger partial charge is 0.417 e. The summed E-state index contributed by atoms with van der Waals surface area (Å²) >= 11 is 0.722. The molecule has 12 heteroatoms. The van der Waals surface area contributed by atoms with Crippen molar-refractivity contribution in [2.45, 2.75) is 84.2 Å². The number of aromatic nitrogens is 2.